The van der Waals surface area contributed by atoms with Crippen LogP contribution in [0.2, 0.25) is 0 Å². The molecule has 7 nitrogen and oxygen atoms in total. The number of aryl methyl sites for hydroxylation is 1. The molecule has 9 rings (SSSR count). The summed E-state index contributed by atoms with van der Waals surface area (Å²) in [4.78, 5) is 59.8. The number of fused-ring (bicyclic) bond motifs is 1. The molecule has 5 aliphatic rings. The third kappa shape index (κ3) is 3.99. The van der Waals surface area contributed by atoms with Gasteiger partial charge in [-0.2, -0.15) is 0 Å². The summed E-state index contributed by atoms with van der Waals surface area (Å²) >= 11 is 0. The van der Waals surface area contributed by atoms with Crippen LogP contribution in [0.1, 0.15) is 39.6 Å². The van der Waals surface area contributed by atoms with E-state index in [0.717, 1.165) is 17.5 Å². The highest BCUT2D eigenvalue weighted by molar-refractivity contribution is 6.22. The molecule has 1 aromatic heterocycles. The Morgan fingerprint density at radius 2 is 1.52 bits per heavy atom. The van der Waals surface area contributed by atoms with Gasteiger partial charge in [-0.25, -0.2) is 9.78 Å². The second kappa shape index (κ2) is 9.81. The number of nitrogens with zero attached hydrogens (tertiary/aromatic N) is 2. The minimum atomic E-state index is -0.976. The van der Waals surface area contributed by atoms with Crippen LogP contribution >= 0.6 is 0 Å². The number of imide groups is 1. The number of carbonyl (C=O) groups is 4. The van der Waals surface area contributed by atoms with Crippen LogP contribution in [0.5, 0.6) is 0 Å². The Bertz CT molecular complexity index is 1880. The van der Waals surface area contributed by atoms with Gasteiger partial charge >= 0.3 is 5.97 Å². The molecule has 44 heavy (non-hydrogen) atoms. The van der Waals surface area contributed by atoms with Crippen molar-refractivity contribution in [3.63, 3.8) is 0 Å². The maximum absolute atomic E-state index is 13.6. The lowest BCUT2D eigenvalue weighted by Gasteiger charge is -2.37. The van der Waals surface area contributed by atoms with Gasteiger partial charge in [-0.3, -0.25) is 19.3 Å². The fraction of sp³-hybridized carbons (Fsp3) is 0.270. The summed E-state index contributed by atoms with van der Waals surface area (Å²) in [5, 5.41) is 0.631. The minimum Gasteiger partial charge on any atom is -0.451 e. The first-order valence-electron chi connectivity index (χ1n) is 15.2. The Kier molecular flexibility index (Phi) is 5.95. The van der Waals surface area contributed by atoms with Crippen molar-refractivity contribution >= 4 is 40.2 Å². The summed E-state index contributed by atoms with van der Waals surface area (Å²) in [7, 11) is 0. The zero-order valence-corrected chi connectivity index (χ0v) is 24.3. The summed E-state index contributed by atoms with van der Waals surface area (Å²) in [6.07, 6.45) is 4.50. The van der Waals surface area contributed by atoms with Crippen molar-refractivity contribution in [1.29, 1.82) is 0 Å². The highest BCUT2D eigenvalue weighted by Crippen LogP contribution is 2.65. The third-order valence-electron chi connectivity index (χ3n) is 10.1. The lowest BCUT2D eigenvalue weighted by Crippen LogP contribution is -2.40. The first kappa shape index (κ1) is 26.7. The Labute approximate surface area is 254 Å². The summed E-state index contributed by atoms with van der Waals surface area (Å²) in [5.74, 6) is -0.157. The van der Waals surface area contributed by atoms with E-state index in [4.69, 9.17) is 9.72 Å². The van der Waals surface area contributed by atoms with Crippen molar-refractivity contribution < 1.29 is 23.9 Å². The van der Waals surface area contributed by atoms with Crippen molar-refractivity contribution in [2.45, 2.75) is 26.4 Å². The second-order valence-corrected chi connectivity index (χ2v) is 12.5. The van der Waals surface area contributed by atoms with Gasteiger partial charge in [0.05, 0.1) is 34.3 Å². The maximum atomic E-state index is 13.6. The van der Waals surface area contributed by atoms with Crippen LogP contribution in [0.4, 0.5) is 5.69 Å². The zero-order chi connectivity index (χ0) is 30.3. The average molecular weight is 583 g/mol. The molecule has 2 amide bonds. The lowest BCUT2D eigenvalue weighted by atomic mass is 9.63. The van der Waals surface area contributed by atoms with E-state index in [1.165, 1.54) is 4.90 Å². The van der Waals surface area contributed by atoms with Crippen molar-refractivity contribution in [3.8, 4) is 11.3 Å². The summed E-state index contributed by atoms with van der Waals surface area (Å²) in [6.45, 7) is 3.50. The number of benzene rings is 3. The predicted octanol–water partition coefficient (Wildman–Crippen LogP) is 6.20. The maximum Gasteiger partial charge on any atom is 0.339 e. The average Bonchev–Trinajstić information content (AvgIpc) is 3.83. The number of anilines is 1. The second-order valence-electron chi connectivity index (χ2n) is 12.5. The number of hydrogen-bond donors (Lipinski definition) is 0. The fourth-order valence-electron chi connectivity index (χ4n) is 7.82. The first-order chi connectivity index (χ1) is 21.3. The zero-order valence-electron chi connectivity index (χ0n) is 24.3. The van der Waals surface area contributed by atoms with E-state index < -0.39 is 12.1 Å². The Hall–Kier alpha value is -4.91. The number of ketones is 1. The van der Waals surface area contributed by atoms with Gasteiger partial charge in [0.15, 0.2) is 6.10 Å². The largest absolute Gasteiger partial charge is 0.451 e. The molecule has 218 valence electrons. The monoisotopic (exact) mass is 582 g/mol. The van der Waals surface area contributed by atoms with Crippen LogP contribution in [-0.2, 0) is 14.3 Å². The normalized spacial score (nSPS) is 26.8. The standard InChI is InChI=1S/C37H30N2O5/c1-19-7-6-10-26-29(37(43)44-20(2)34(40)22-8-4-3-5-9-22)18-30(38-33(19)26)21-11-13-23(14-12-21)39-35(41)31-24-15-16-25(28-17-27(24)28)32(31)36(39)42/h3-16,18,20,24-25,27-28,31-32H,17H2,1-2H3. The molecule has 2 bridgehead atoms. The van der Waals surface area contributed by atoms with Gasteiger partial charge < -0.3 is 4.74 Å². The van der Waals surface area contributed by atoms with Gasteiger partial charge in [0.2, 0.25) is 17.6 Å². The van der Waals surface area contributed by atoms with Crippen molar-refractivity contribution in [2.24, 2.45) is 35.5 Å². The van der Waals surface area contributed by atoms with E-state index in [0.29, 0.717) is 45.2 Å². The molecule has 0 spiro atoms. The third-order valence-corrected chi connectivity index (χ3v) is 10.1. The molecule has 7 atom stereocenters. The Balaban J connectivity index is 1.10. The molecule has 1 aliphatic heterocycles. The number of rotatable bonds is 6. The Morgan fingerprint density at radius 1 is 0.864 bits per heavy atom. The number of para-hydroxylation sites is 1. The van der Waals surface area contributed by atoms with Crippen molar-refractivity contribution in [1.82, 2.24) is 4.98 Å². The molecule has 4 aliphatic carbocycles. The predicted molar refractivity (Wildman–Crippen MR) is 165 cm³/mol. The van der Waals surface area contributed by atoms with Crippen LogP contribution in [0.25, 0.3) is 22.2 Å². The van der Waals surface area contributed by atoms with Gasteiger partial charge in [0, 0.05) is 16.5 Å². The molecular weight excluding hydrogens is 552 g/mol. The SMILES string of the molecule is Cc1cccc2c(C(=O)OC(C)C(=O)c3ccccc3)cc(-c3ccc(N4C(=O)C5C6C=CC(C7CC67)C5C4=O)cc3)nc12. The fourth-order valence-corrected chi connectivity index (χ4v) is 7.82. The quantitative estimate of drug-likeness (QED) is 0.116. The molecule has 0 N–H and O–H groups in total. The molecule has 7 unspecified atom stereocenters. The summed E-state index contributed by atoms with van der Waals surface area (Å²) in [5.41, 5.74) is 4.14. The van der Waals surface area contributed by atoms with E-state index in [2.05, 4.69) is 12.2 Å². The van der Waals surface area contributed by atoms with Crippen LogP contribution in [-0.4, -0.2) is 34.7 Å². The minimum absolute atomic E-state index is 0.0962. The van der Waals surface area contributed by atoms with Crippen LogP contribution in [0, 0.1) is 42.4 Å². The highest BCUT2D eigenvalue weighted by Gasteiger charge is 2.67. The summed E-state index contributed by atoms with van der Waals surface area (Å²) in [6, 6.07) is 23.2. The van der Waals surface area contributed by atoms with Crippen LogP contribution < -0.4 is 4.90 Å². The number of ether oxygens (including phenoxy) is 1. The molecule has 3 fully saturated rings. The number of hydrogen-bond acceptors (Lipinski definition) is 6. The van der Waals surface area contributed by atoms with Crippen LogP contribution in [0.3, 0.4) is 0 Å². The smallest absolute Gasteiger partial charge is 0.339 e. The van der Waals surface area contributed by atoms with E-state index in [1.54, 1.807) is 49.4 Å². The summed E-state index contributed by atoms with van der Waals surface area (Å²) < 4.78 is 5.68. The number of allylic oxidation sites excluding steroid dienone is 2. The molecular formula is C37H30N2O5. The molecule has 1 saturated heterocycles. The highest BCUT2D eigenvalue weighted by atomic mass is 16.5. The van der Waals surface area contributed by atoms with Gasteiger partial charge in [-0.1, -0.05) is 72.8 Å². The lowest BCUT2D eigenvalue weighted by molar-refractivity contribution is -0.124. The molecule has 4 aromatic rings. The molecule has 2 saturated carbocycles. The van der Waals surface area contributed by atoms with Crippen LogP contribution in [0.15, 0.2) is 91.0 Å². The molecule has 3 aromatic carbocycles. The van der Waals surface area contributed by atoms with Crippen molar-refractivity contribution in [2.75, 3.05) is 4.90 Å². The van der Waals surface area contributed by atoms with Gasteiger partial charge in [0.1, 0.15) is 0 Å². The van der Waals surface area contributed by atoms with E-state index in [9.17, 15) is 19.2 Å². The van der Waals surface area contributed by atoms with Gasteiger partial charge in [0.25, 0.3) is 0 Å². The first-order valence-corrected chi connectivity index (χ1v) is 15.2. The number of esters is 1. The number of carbonyl (C=O) groups excluding carboxylic acids is 4. The molecule has 2 heterocycles. The number of aromatic nitrogens is 1. The number of pyridine rings is 1. The molecule has 0 radical (unpaired) electrons. The van der Waals surface area contributed by atoms with E-state index in [1.807, 2.05) is 43.3 Å². The van der Waals surface area contributed by atoms with Crippen molar-refractivity contribution in [3.05, 3.63) is 108 Å². The number of amides is 2. The van der Waals surface area contributed by atoms with E-state index >= 15 is 0 Å². The number of Topliss-reactive ketones (excluding diaryl/α,β-unsaturated/α-hetero) is 1. The topological polar surface area (TPSA) is 93.6 Å². The van der Waals surface area contributed by atoms with E-state index in [-0.39, 0.29) is 41.3 Å². The van der Waals surface area contributed by atoms with Gasteiger partial charge in [-0.15, -0.1) is 0 Å². The molecule has 7 heteroatoms. The van der Waals surface area contributed by atoms with Gasteiger partial charge in [-0.05, 0) is 67.7 Å². The Morgan fingerprint density at radius 3 is 2.18 bits per heavy atom.